The van der Waals surface area contributed by atoms with E-state index in [0.717, 1.165) is 24.5 Å². The Balaban J connectivity index is 2.45. The summed E-state index contributed by atoms with van der Waals surface area (Å²) >= 11 is 1.93. The second-order valence-electron chi connectivity index (χ2n) is 5.19. The molecule has 92 valence electrons. The second kappa shape index (κ2) is 6.51. The van der Waals surface area contributed by atoms with Gasteiger partial charge in [0.15, 0.2) is 0 Å². The van der Waals surface area contributed by atoms with Crippen LogP contribution < -0.4 is 5.32 Å². The quantitative estimate of drug-likeness (QED) is 0.708. The van der Waals surface area contributed by atoms with Gasteiger partial charge in [-0.3, -0.25) is 5.32 Å². The van der Waals surface area contributed by atoms with Gasteiger partial charge in [-0.1, -0.05) is 20.8 Å². The Hall–Kier alpha value is -0.200. The molecule has 1 aliphatic rings. The highest BCUT2D eigenvalue weighted by Crippen LogP contribution is 2.41. The molecule has 2 nitrogen and oxygen atoms in total. The molecule has 3 heteroatoms. The van der Waals surface area contributed by atoms with Gasteiger partial charge in [0.05, 0.1) is 6.07 Å². The van der Waals surface area contributed by atoms with Crippen LogP contribution in [0.15, 0.2) is 0 Å². The average molecular weight is 240 g/mol. The van der Waals surface area contributed by atoms with Crippen molar-refractivity contribution in [1.82, 2.24) is 5.32 Å². The van der Waals surface area contributed by atoms with Crippen molar-refractivity contribution in [2.45, 2.75) is 45.6 Å². The first-order chi connectivity index (χ1) is 7.64. The second-order valence-corrected chi connectivity index (χ2v) is 6.22. The molecule has 1 rings (SSSR count). The Morgan fingerprint density at radius 3 is 2.62 bits per heavy atom. The molecule has 0 spiro atoms. The minimum Gasteiger partial charge on any atom is -0.298 e. The van der Waals surface area contributed by atoms with E-state index < -0.39 is 0 Å². The number of nitrogens with one attached hydrogen (secondary N) is 1. The molecule has 16 heavy (non-hydrogen) atoms. The summed E-state index contributed by atoms with van der Waals surface area (Å²) in [5.74, 6) is 3.42. The smallest absolute Gasteiger partial charge is 0.118 e. The third kappa shape index (κ3) is 3.99. The average Bonchev–Trinajstić information content (AvgIpc) is 3.07. The fourth-order valence-corrected chi connectivity index (χ4v) is 3.17. The van der Waals surface area contributed by atoms with Gasteiger partial charge in [0.25, 0.3) is 0 Å². The highest BCUT2D eigenvalue weighted by atomic mass is 32.2. The standard InChI is InChI=1S/C13H24N2S/c1-4-7-15-13(9-14,12-5-6-12)10-16-8-11(2)3/h11-12,15H,4-8,10H2,1-3H3. The van der Waals surface area contributed by atoms with E-state index in [1.54, 1.807) is 0 Å². The molecule has 0 aliphatic heterocycles. The van der Waals surface area contributed by atoms with Gasteiger partial charge >= 0.3 is 0 Å². The molecule has 0 radical (unpaired) electrons. The maximum absolute atomic E-state index is 9.45. The van der Waals surface area contributed by atoms with Crippen LogP contribution in [0.4, 0.5) is 0 Å². The molecule has 0 aromatic carbocycles. The zero-order valence-electron chi connectivity index (χ0n) is 10.8. The normalized spacial score (nSPS) is 19.4. The predicted octanol–water partition coefficient (Wildman–Crippen LogP) is 3.05. The maximum atomic E-state index is 9.45. The Kier molecular flexibility index (Phi) is 5.64. The Labute approximate surface area is 104 Å². The molecule has 0 aromatic heterocycles. The molecule has 1 aliphatic carbocycles. The lowest BCUT2D eigenvalue weighted by Crippen LogP contribution is -2.49. The van der Waals surface area contributed by atoms with Gasteiger partial charge in [0.2, 0.25) is 0 Å². The van der Waals surface area contributed by atoms with Crippen LogP contribution in [-0.2, 0) is 0 Å². The molecule has 0 saturated heterocycles. The summed E-state index contributed by atoms with van der Waals surface area (Å²) < 4.78 is 0. The number of nitriles is 1. The van der Waals surface area contributed by atoms with Gasteiger partial charge in [0.1, 0.15) is 5.54 Å². The van der Waals surface area contributed by atoms with Crippen LogP contribution in [0.1, 0.15) is 40.0 Å². The van der Waals surface area contributed by atoms with E-state index in [2.05, 4.69) is 32.2 Å². The Morgan fingerprint density at radius 1 is 1.50 bits per heavy atom. The minimum atomic E-state index is -0.241. The fraction of sp³-hybridized carbons (Fsp3) is 0.923. The lowest BCUT2D eigenvalue weighted by atomic mass is 9.97. The van der Waals surface area contributed by atoms with Crippen LogP contribution in [-0.4, -0.2) is 23.6 Å². The lowest BCUT2D eigenvalue weighted by Gasteiger charge is -2.28. The van der Waals surface area contributed by atoms with Crippen molar-refractivity contribution in [3.05, 3.63) is 0 Å². The highest BCUT2D eigenvalue weighted by Gasteiger charge is 2.45. The summed E-state index contributed by atoms with van der Waals surface area (Å²) in [5, 5.41) is 12.9. The first-order valence-electron chi connectivity index (χ1n) is 6.38. The van der Waals surface area contributed by atoms with Gasteiger partial charge in [-0.15, -0.1) is 0 Å². The van der Waals surface area contributed by atoms with Gasteiger partial charge in [0, 0.05) is 5.75 Å². The van der Waals surface area contributed by atoms with Crippen LogP contribution in [0, 0.1) is 23.2 Å². The minimum absolute atomic E-state index is 0.241. The first-order valence-corrected chi connectivity index (χ1v) is 7.54. The summed E-state index contributed by atoms with van der Waals surface area (Å²) in [6.45, 7) is 7.59. The maximum Gasteiger partial charge on any atom is 0.118 e. The van der Waals surface area contributed by atoms with E-state index in [9.17, 15) is 5.26 Å². The number of hydrogen-bond donors (Lipinski definition) is 1. The molecule has 0 aromatic rings. The molecule has 1 N–H and O–H groups in total. The van der Waals surface area contributed by atoms with Crippen LogP contribution in [0.25, 0.3) is 0 Å². The van der Waals surface area contributed by atoms with Crippen LogP contribution >= 0.6 is 11.8 Å². The number of rotatable bonds is 8. The van der Waals surface area contributed by atoms with E-state index in [-0.39, 0.29) is 5.54 Å². The van der Waals surface area contributed by atoms with E-state index in [1.165, 1.54) is 12.8 Å². The van der Waals surface area contributed by atoms with Crippen molar-refractivity contribution in [2.24, 2.45) is 11.8 Å². The molecule has 0 heterocycles. The predicted molar refractivity (Wildman–Crippen MR) is 71.5 cm³/mol. The van der Waals surface area contributed by atoms with Gasteiger partial charge in [-0.05, 0) is 43.4 Å². The fourth-order valence-electron chi connectivity index (χ4n) is 1.86. The van der Waals surface area contributed by atoms with Crippen molar-refractivity contribution in [3.63, 3.8) is 0 Å². The zero-order valence-corrected chi connectivity index (χ0v) is 11.6. The SMILES string of the molecule is CCCNC(C#N)(CSCC(C)C)C1CC1. The highest BCUT2D eigenvalue weighted by molar-refractivity contribution is 7.99. The van der Waals surface area contributed by atoms with Crippen LogP contribution in [0.2, 0.25) is 0 Å². The van der Waals surface area contributed by atoms with Gasteiger partial charge in [-0.2, -0.15) is 17.0 Å². The van der Waals surface area contributed by atoms with Gasteiger partial charge < -0.3 is 0 Å². The van der Waals surface area contributed by atoms with E-state index in [4.69, 9.17) is 0 Å². The van der Waals surface area contributed by atoms with Crippen LogP contribution in [0.5, 0.6) is 0 Å². The molecular weight excluding hydrogens is 216 g/mol. The van der Waals surface area contributed by atoms with Crippen molar-refractivity contribution >= 4 is 11.8 Å². The largest absolute Gasteiger partial charge is 0.298 e. The molecule has 1 unspecified atom stereocenters. The van der Waals surface area contributed by atoms with E-state index in [1.807, 2.05) is 11.8 Å². The molecule has 1 fully saturated rings. The first kappa shape index (κ1) is 13.9. The topological polar surface area (TPSA) is 35.8 Å². The summed E-state index contributed by atoms with van der Waals surface area (Å²) in [5.41, 5.74) is -0.241. The van der Waals surface area contributed by atoms with E-state index in [0.29, 0.717) is 11.8 Å². The third-order valence-corrected chi connectivity index (χ3v) is 4.51. The van der Waals surface area contributed by atoms with Crippen LogP contribution in [0.3, 0.4) is 0 Å². The molecule has 1 saturated carbocycles. The summed E-state index contributed by atoms with van der Waals surface area (Å²) in [6, 6.07) is 2.55. The molecule has 1 atom stereocenters. The number of hydrogen-bond acceptors (Lipinski definition) is 3. The Bertz CT molecular complexity index is 243. The lowest BCUT2D eigenvalue weighted by molar-refractivity contribution is 0.405. The number of nitrogens with zero attached hydrogens (tertiary/aromatic N) is 1. The zero-order chi connectivity index (χ0) is 12.0. The number of thioether (sulfide) groups is 1. The Morgan fingerprint density at radius 2 is 2.19 bits per heavy atom. The summed E-state index contributed by atoms with van der Waals surface area (Å²) in [4.78, 5) is 0. The summed E-state index contributed by atoms with van der Waals surface area (Å²) in [7, 11) is 0. The molecular formula is C13H24N2S. The van der Waals surface area contributed by atoms with Gasteiger partial charge in [-0.25, -0.2) is 0 Å². The van der Waals surface area contributed by atoms with Crippen molar-refractivity contribution in [2.75, 3.05) is 18.1 Å². The third-order valence-electron chi connectivity index (χ3n) is 2.95. The van der Waals surface area contributed by atoms with E-state index >= 15 is 0 Å². The monoisotopic (exact) mass is 240 g/mol. The summed E-state index contributed by atoms with van der Waals surface area (Å²) in [6.07, 6.45) is 3.56. The molecule has 0 bridgehead atoms. The molecule has 0 amide bonds. The van der Waals surface area contributed by atoms with Crippen molar-refractivity contribution in [1.29, 1.82) is 5.26 Å². The van der Waals surface area contributed by atoms with Crippen molar-refractivity contribution in [3.8, 4) is 6.07 Å². The van der Waals surface area contributed by atoms with Crippen molar-refractivity contribution < 1.29 is 0 Å².